The fraction of sp³-hybridized carbons (Fsp3) is 0.176. The van der Waals surface area contributed by atoms with Gasteiger partial charge in [0.05, 0.1) is 12.8 Å². The molecule has 0 aliphatic heterocycles. The van der Waals surface area contributed by atoms with Gasteiger partial charge in [0.15, 0.2) is 18.1 Å². The molecule has 26 heavy (non-hydrogen) atoms. The highest BCUT2D eigenvalue weighted by atomic mass is 32.2. The van der Waals surface area contributed by atoms with Crippen molar-refractivity contribution in [3.05, 3.63) is 48.5 Å². The van der Waals surface area contributed by atoms with Crippen LogP contribution in [0.25, 0.3) is 5.69 Å². The van der Waals surface area contributed by atoms with Crippen LogP contribution in [0, 0.1) is 0 Å². The zero-order chi connectivity index (χ0) is 18.4. The standard InChI is InChI=1S/C17H17N5O3S/c1-24-14-8-3-4-9-15(14)25-11-16(23)18-12-6-5-7-13(10-12)22-17(26-2)19-20-21-22/h3-10H,11H2,1-2H3,(H,18,23). The van der Waals surface area contributed by atoms with E-state index in [1.165, 1.54) is 11.8 Å². The number of hydrogen-bond acceptors (Lipinski definition) is 7. The third-order valence-electron chi connectivity index (χ3n) is 3.43. The maximum Gasteiger partial charge on any atom is 0.262 e. The van der Waals surface area contributed by atoms with E-state index in [0.29, 0.717) is 22.3 Å². The molecule has 1 heterocycles. The highest BCUT2D eigenvalue weighted by Crippen LogP contribution is 2.25. The second-order valence-electron chi connectivity index (χ2n) is 5.12. The van der Waals surface area contributed by atoms with Gasteiger partial charge in [-0.2, -0.15) is 4.68 Å². The van der Waals surface area contributed by atoms with Crippen molar-refractivity contribution >= 4 is 23.4 Å². The van der Waals surface area contributed by atoms with E-state index < -0.39 is 0 Å². The first-order valence-electron chi connectivity index (χ1n) is 7.69. The summed E-state index contributed by atoms with van der Waals surface area (Å²) < 4.78 is 12.3. The number of ether oxygens (including phenoxy) is 2. The van der Waals surface area contributed by atoms with Gasteiger partial charge in [0.2, 0.25) is 5.16 Å². The van der Waals surface area contributed by atoms with Crippen LogP contribution in [0.4, 0.5) is 5.69 Å². The summed E-state index contributed by atoms with van der Waals surface area (Å²) in [6.07, 6.45) is 1.89. The van der Waals surface area contributed by atoms with Crippen LogP contribution in [0.2, 0.25) is 0 Å². The second kappa shape index (κ2) is 8.34. The molecule has 1 amide bonds. The molecule has 1 aromatic heterocycles. The Labute approximate surface area is 154 Å². The molecule has 2 aromatic carbocycles. The number of methoxy groups -OCH3 is 1. The molecule has 0 unspecified atom stereocenters. The number of hydrogen-bond donors (Lipinski definition) is 1. The van der Waals surface area contributed by atoms with Gasteiger partial charge in [-0.15, -0.1) is 5.10 Å². The molecular formula is C17H17N5O3S. The topological polar surface area (TPSA) is 91.2 Å². The largest absolute Gasteiger partial charge is 0.493 e. The summed E-state index contributed by atoms with van der Waals surface area (Å²) >= 11 is 1.43. The number of thioether (sulfide) groups is 1. The number of anilines is 1. The Morgan fingerprint density at radius 1 is 1.19 bits per heavy atom. The molecule has 0 saturated carbocycles. The highest BCUT2D eigenvalue weighted by Gasteiger charge is 2.10. The number of nitrogens with one attached hydrogen (secondary N) is 1. The fourth-order valence-corrected chi connectivity index (χ4v) is 2.70. The molecule has 0 bridgehead atoms. The van der Waals surface area contributed by atoms with Crippen LogP contribution in [-0.4, -0.2) is 46.1 Å². The summed E-state index contributed by atoms with van der Waals surface area (Å²) in [5.41, 5.74) is 1.38. The number of tetrazole rings is 1. The summed E-state index contributed by atoms with van der Waals surface area (Å²) in [7, 11) is 1.55. The Kier molecular flexibility index (Phi) is 5.69. The van der Waals surface area contributed by atoms with E-state index in [-0.39, 0.29) is 12.5 Å². The van der Waals surface area contributed by atoms with Crippen LogP contribution >= 0.6 is 11.8 Å². The number of carbonyl (C=O) groups is 1. The molecule has 0 aliphatic carbocycles. The van der Waals surface area contributed by atoms with E-state index in [1.54, 1.807) is 36.1 Å². The van der Waals surface area contributed by atoms with Gasteiger partial charge in [0.25, 0.3) is 5.91 Å². The Balaban J connectivity index is 1.65. The molecule has 0 fully saturated rings. The van der Waals surface area contributed by atoms with Gasteiger partial charge in [0.1, 0.15) is 0 Å². The van der Waals surface area contributed by atoms with Gasteiger partial charge in [-0.3, -0.25) is 4.79 Å². The maximum atomic E-state index is 12.2. The van der Waals surface area contributed by atoms with Gasteiger partial charge in [-0.1, -0.05) is 30.0 Å². The van der Waals surface area contributed by atoms with Crippen LogP contribution in [0.5, 0.6) is 11.5 Å². The highest BCUT2D eigenvalue weighted by molar-refractivity contribution is 7.98. The Hall–Kier alpha value is -3.07. The van der Waals surface area contributed by atoms with Gasteiger partial charge in [-0.25, -0.2) is 0 Å². The minimum atomic E-state index is -0.283. The van der Waals surface area contributed by atoms with Crippen molar-refractivity contribution in [3.8, 4) is 17.2 Å². The van der Waals surface area contributed by atoms with Crippen LogP contribution in [0.15, 0.2) is 53.7 Å². The van der Waals surface area contributed by atoms with E-state index in [2.05, 4.69) is 20.8 Å². The Morgan fingerprint density at radius 3 is 2.77 bits per heavy atom. The minimum absolute atomic E-state index is 0.133. The van der Waals surface area contributed by atoms with Crippen molar-refractivity contribution in [1.82, 2.24) is 20.2 Å². The fourth-order valence-electron chi connectivity index (χ4n) is 2.26. The summed E-state index contributed by atoms with van der Waals surface area (Å²) in [6.45, 7) is -0.133. The van der Waals surface area contributed by atoms with Crippen molar-refractivity contribution in [1.29, 1.82) is 0 Å². The van der Waals surface area contributed by atoms with E-state index in [9.17, 15) is 4.79 Å². The summed E-state index contributed by atoms with van der Waals surface area (Å²) in [5, 5.41) is 15.0. The smallest absolute Gasteiger partial charge is 0.262 e. The molecule has 0 radical (unpaired) electrons. The number of aromatic nitrogens is 4. The summed E-state index contributed by atoms with van der Waals surface area (Å²) in [4.78, 5) is 12.2. The average molecular weight is 371 g/mol. The zero-order valence-electron chi connectivity index (χ0n) is 14.2. The van der Waals surface area contributed by atoms with Crippen LogP contribution in [0.1, 0.15) is 0 Å². The van der Waals surface area contributed by atoms with Crippen LogP contribution in [0.3, 0.4) is 0 Å². The number of benzene rings is 2. The van der Waals surface area contributed by atoms with Gasteiger partial charge in [-0.05, 0) is 47.0 Å². The molecule has 0 saturated heterocycles. The minimum Gasteiger partial charge on any atom is -0.493 e. The lowest BCUT2D eigenvalue weighted by Gasteiger charge is -2.11. The van der Waals surface area contributed by atoms with Gasteiger partial charge >= 0.3 is 0 Å². The predicted octanol–water partition coefficient (Wildman–Crippen LogP) is 2.41. The molecule has 134 valence electrons. The van der Waals surface area contributed by atoms with Crippen LogP contribution in [-0.2, 0) is 4.79 Å². The lowest BCUT2D eigenvalue weighted by molar-refractivity contribution is -0.118. The van der Waals surface area contributed by atoms with Gasteiger partial charge < -0.3 is 14.8 Å². The molecule has 9 heteroatoms. The predicted molar refractivity (Wildman–Crippen MR) is 98.1 cm³/mol. The third kappa shape index (κ3) is 4.12. The molecule has 3 rings (SSSR count). The van der Waals surface area contributed by atoms with E-state index in [0.717, 1.165) is 5.69 Å². The number of rotatable bonds is 7. The lowest BCUT2D eigenvalue weighted by Crippen LogP contribution is -2.20. The van der Waals surface area contributed by atoms with Crippen molar-refractivity contribution < 1.29 is 14.3 Å². The Bertz CT molecular complexity index is 899. The average Bonchev–Trinajstić information content (AvgIpc) is 3.15. The molecule has 0 spiro atoms. The molecule has 0 atom stereocenters. The molecular weight excluding hydrogens is 354 g/mol. The first-order valence-corrected chi connectivity index (χ1v) is 8.92. The van der Waals surface area contributed by atoms with E-state index in [4.69, 9.17) is 9.47 Å². The van der Waals surface area contributed by atoms with Crippen LogP contribution < -0.4 is 14.8 Å². The first-order chi connectivity index (χ1) is 12.7. The third-order valence-corrected chi connectivity index (χ3v) is 4.05. The SMILES string of the molecule is COc1ccccc1OCC(=O)Nc1cccc(-n2nnnc2SC)c1. The Morgan fingerprint density at radius 2 is 2.00 bits per heavy atom. The molecule has 8 nitrogen and oxygen atoms in total. The van der Waals surface area contributed by atoms with Gasteiger partial charge in [0, 0.05) is 5.69 Å². The number of para-hydroxylation sites is 2. The van der Waals surface area contributed by atoms with Crippen molar-refractivity contribution in [3.63, 3.8) is 0 Å². The first kappa shape index (κ1) is 17.7. The number of amides is 1. The van der Waals surface area contributed by atoms with Crippen molar-refractivity contribution in [2.45, 2.75) is 5.16 Å². The number of nitrogens with zero attached hydrogens (tertiary/aromatic N) is 4. The monoisotopic (exact) mass is 371 g/mol. The molecule has 3 aromatic rings. The molecule has 1 N–H and O–H groups in total. The van der Waals surface area contributed by atoms with Crippen molar-refractivity contribution in [2.24, 2.45) is 0 Å². The quantitative estimate of drug-likeness (QED) is 0.638. The van der Waals surface area contributed by atoms with E-state index in [1.807, 2.05) is 30.5 Å². The van der Waals surface area contributed by atoms with Crippen molar-refractivity contribution in [2.75, 3.05) is 25.3 Å². The molecule has 0 aliphatic rings. The maximum absolute atomic E-state index is 12.2. The normalized spacial score (nSPS) is 10.4. The zero-order valence-corrected chi connectivity index (χ0v) is 15.1. The van der Waals surface area contributed by atoms with E-state index >= 15 is 0 Å². The summed E-state index contributed by atoms with van der Waals surface area (Å²) in [6, 6.07) is 14.4. The summed E-state index contributed by atoms with van der Waals surface area (Å²) in [5.74, 6) is 0.803. The lowest BCUT2D eigenvalue weighted by atomic mass is 10.3. The number of carbonyl (C=O) groups excluding carboxylic acids is 1. The second-order valence-corrected chi connectivity index (χ2v) is 5.89.